The van der Waals surface area contributed by atoms with Crippen molar-refractivity contribution >= 4 is 17.7 Å². The van der Waals surface area contributed by atoms with Crippen molar-refractivity contribution in [2.24, 2.45) is 5.73 Å². The topological polar surface area (TPSA) is 67.2 Å². The molecule has 1 aliphatic carbocycles. The van der Waals surface area contributed by atoms with E-state index in [4.69, 9.17) is 5.73 Å². The summed E-state index contributed by atoms with van der Waals surface area (Å²) in [6.07, 6.45) is 5.44. The van der Waals surface area contributed by atoms with E-state index in [9.17, 15) is 4.79 Å². The molecule has 5 heteroatoms. The van der Waals surface area contributed by atoms with E-state index < -0.39 is 0 Å². The lowest BCUT2D eigenvalue weighted by atomic mass is 10.1. The lowest BCUT2D eigenvalue weighted by Crippen LogP contribution is -2.35. The SMILES string of the molecule is CCC(=O)NC1=CC[C@H]2N[C@H](N)SC2=C1. The van der Waals surface area contributed by atoms with E-state index in [0.717, 1.165) is 12.1 Å². The summed E-state index contributed by atoms with van der Waals surface area (Å²) in [7, 11) is 0. The molecule has 1 fully saturated rings. The predicted molar refractivity (Wildman–Crippen MR) is 61.7 cm³/mol. The van der Waals surface area contributed by atoms with Crippen LogP contribution in [0.5, 0.6) is 0 Å². The Hall–Kier alpha value is -0.780. The standard InChI is InChI=1S/C10H15N3OS/c1-2-9(14)12-6-3-4-7-8(5-6)15-10(11)13-7/h3,5,7,10,13H,2,4,11H2,1H3,(H,12,14)/t7-,10+/m1/s1. The number of allylic oxidation sites excluding steroid dienone is 1. The number of fused-ring (bicyclic) bond motifs is 1. The summed E-state index contributed by atoms with van der Waals surface area (Å²) in [4.78, 5) is 12.4. The highest BCUT2D eigenvalue weighted by molar-refractivity contribution is 8.03. The van der Waals surface area contributed by atoms with Crippen molar-refractivity contribution in [2.75, 3.05) is 0 Å². The molecule has 15 heavy (non-hydrogen) atoms. The van der Waals surface area contributed by atoms with Gasteiger partial charge in [-0.2, -0.15) is 0 Å². The van der Waals surface area contributed by atoms with Crippen LogP contribution in [0.1, 0.15) is 19.8 Å². The highest BCUT2D eigenvalue weighted by atomic mass is 32.2. The summed E-state index contributed by atoms with van der Waals surface area (Å²) in [5.41, 5.74) is 6.65. The fraction of sp³-hybridized carbons (Fsp3) is 0.500. The van der Waals surface area contributed by atoms with E-state index in [1.165, 1.54) is 4.91 Å². The first-order chi connectivity index (χ1) is 7.19. The third kappa shape index (κ3) is 2.42. The van der Waals surface area contributed by atoms with Crippen LogP contribution in [0.2, 0.25) is 0 Å². The van der Waals surface area contributed by atoms with E-state index in [1.807, 2.05) is 19.1 Å². The van der Waals surface area contributed by atoms with Crippen LogP contribution in [0.3, 0.4) is 0 Å². The molecule has 1 heterocycles. The number of hydrogen-bond acceptors (Lipinski definition) is 4. The molecule has 0 unspecified atom stereocenters. The van der Waals surface area contributed by atoms with E-state index in [1.54, 1.807) is 11.8 Å². The molecule has 1 aliphatic heterocycles. The second-order valence-electron chi connectivity index (χ2n) is 3.60. The van der Waals surface area contributed by atoms with Gasteiger partial charge in [-0.3, -0.25) is 10.1 Å². The number of thioether (sulfide) groups is 1. The van der Waals surface area contributed by atoms with E-state index in [-0.39, 0.29) is 11.4 Å². The zero-order valence-corrected chi connectivity index (χ0v) is 9.43. The Morgan fingerprint density at radius 2 is 2.60 bits per heavy atom. The monoisotopic (exact) mass is 225 g/mol. The molecule has 4 nitrogen and oxygen atoms in total. The Morgan fingerprint density at radius 1 is 1.80 bits per heavy atom. The smallest absolute Gasteiger partial charge is 0.224 e. The summed E-state index contributed by atoms with van der Waals surface area (Å²) < 4.78 is 0. The maximum Gasteiger partial charge on any atom is 0.224 e. The Labute approximate surface area is 93.4 Å². The third-order valence-electron chi connectivity index (χ3n) is 2.45. The molecule has 1 amide bonds. The van der Waals surface area contributed by atoms with E-state index in [0.29, 0.717) is 12.5 Å². The molecule has 4 N–H and O–H groups in total. The van der Waals surface area contributed by atoms with Crippen molar-refractivity contribution in [2.45, 2.75) is 31.3 Å². The fourth-order valence-corrected chi connectivity index (χ4v) is 2.70. The lowest BCUT2D eigenvalue weighted by molar-refractivity contribution is -0.120. The van der Waals surface area contributed by atoms with Gasteiger partial charge in [0, 0.05) is 23.1 Å². The molecular weight excluding hydrogens is 210 g/mol. The number of amides is 1. The van der Waals surface area contributed by atoms with Crippen molar-refractivity contribution in [3.63, 3.8) is 0 Å². The lowest BCUT2D eigenvalue weighted by Gasteiger charge is -2.16. The van der Waals surface area contributed by atoms with Gasteiger partial charge in [-0.25, -0.2) is 0 Å². The van der Waals surface area contributed by atoms with Crippen LogP contribution >= 0.6 is 11.8 Å². The van der Waals surface area contributed by atoms with Crippen molar-refractivity contribution in [1.29, 1.82) is 0 Å². The summed E-state index contributed by atoms with van der Waals surface area (Å²) >= 11 is 1.62. The zero-order valence-electron chi connectivity index (χ0n) is 8.62. The van der Waals surface area contributed by atoms with Crippen LogP contribution in [-0.2, 0) is 4.79 Å². The van der Waals surface area contributed by atoms with Gasteiger partial charge in [-0.1, -0.05) is 24.8 Å². The minimum atomic E-state index is -0.0177. The van der Waals surface area contributed by atoms with Gasteiger partial charge in [0.2, 0.25) is 5.91 Å². The van der Waals surface area contributed by atoms with Crippen molar-refractivity contribution in [3.8, 4) is 0 Å². The summed E-state index contributed by atoms with van der Waals surface area (Å²) in [5, 5.41) is 6.12. The molecule has 0 bridgehead atoms. The molecule has 0 aromatic heterocycles. The Balaban J connectivity index is 2.02. The molecule has 2 aliphatic rings. The largest absolute Gasteiger partial charge is 0.326 e. The zero-order chi connectivity index (χ0) is 10.8. The second-order valence-corrected chi connectivity index (χ2v) is 4.82. The molecule has 0 aromatic carbocycles. The van der Waals surface area contributed by atoms with Crippen molar-refractivity contribution in [3.05, 3.63) is 22.8 Å². The van der Waals surface area contributed by atoms with Gasteiger partial charge in [-0.15, -0.1) is 0 Å². The normalized spacial score (nSPS) is 29.2. The third-order valence-corrected chi connectivity index (χ3v) is 3.51. The van der Waals surface area contributed by atoms with Crippen LogP contribution in [0.25, 0.3) is 0 Å². The Bertz CT molecular complexity index is 338. The van der Waals surface area contributed by atoms with Crippen molar-refractivity contribution in [1.82, 2.24) is 10.6 Å². The Kier molecular flexibility index (Phi) is 3.14. The summed E-state index contributed by atoms with van der Waals surface area (Å²) in [6, 6.07) is 0.340. The number of nitrogens with two attached hydrogens (primary N) is 1. The van der Waals surface area contributed by atoms with Crippen LogP contribution in [0.4, 0.5) is 0 Å². The Morgan fingerprint density at radius 3 is 3.33 bits per heavy atom. The van der Waals surface area contributed by atoms with Gasteiger partial charge in [0.25, 0.3) is 0 Å². The van der Waals surface area contributed by atoms with Gasteiger partial charge in [0.15, 0.2) is 0 Å². The molecule has 82 valence electrons. The molecule has 0 saturated carbocycles. The van der Waals surface area contributed by atoms with Crippen LogP contribution in [0, 0.1) is 0 Å². The first-order valence-corrected chi connectivity index (χ1v) is 5.97. The first kappa shape index (κ1) is 10.7. The molecule has 0 radical (unpaired) electrons. The van der Waals surface area contributed by atoms with Crippen LogP contribution < -0.4 is 16.4 Å². The molecule has 1 saturated heterocycles. The number of hydrogen-bond donors (Lipinski definition) is 3. The highest BCUT2D eigenvalue weighted by Gasteiger charge is 2.28. The molecule has 2 atom stereocenters. The maximum atomic E-state index is 11.2. The predicted octanol–water partition coefficient (Wildman–Crippen LogP) is 0.631. The minimum absolute atomic E-state index is 0.0177. The minimum Gasteiger partial charge on any atom is -0.326 e. The molecule has 0 aromatic rings. The highest BCUT2D eigenvalue weighted by Crippen LogP contribution is 2.33. The molecule has 0 spiro atoms. The summed E-state index contributed by atoms with van der Waals surface area (Å²) in [5.74, 6) is 0.0526. The van der Waals surface area contributed by atoms with E-state index in [2.05, 4.69) is 10.6 Å². The van der Waals surface area contributed by atoms with Crippen LogP contribution in [-0.4, -0.2) is 17.4 Å². The number of carbonyl (C=O) groups is 1. The number of carbonyl (C=O) groups excluding carboxylic acids is 1. The van der Waals surface area contributed by atoms with Gasteiger partial charge in [-0.05, 0) is 12.5 Å². The summed E-state index contributed by atoms with van der Waals surface area (Å²) in [6.45, 7) is 1.84. The molecule has 2 rings (SSSR count). The average molecular weight is 225 g/mol. The van der Waals surface area contributed by atoms with Gasteiger partial charge in [0.1, 0.15) is 5.50 Å². The quantitative estimate of drug-likeness (QED) is 0.645. The fourth-order valence-electron chi connectivity index (χ4n) is 1.66. The second kappa shape index (κ2) is 4.38. The maximum absolute atomic E-state index is 11.2. The van der Waals surface area contributed by atoms with E-state index >= 15 is 0 Å². The van der Waals surface area contributed by atoms with Crippen molar-refractivity contribution < 1.29 is 4.79 Å². The van der Waals surface area contributed by atoms with Gasteiger partial charge < -0.3 is 11.1 Å². The van der Waals surface area contributed by atoms with Gasteiger partial charge in [0.05, 0.1) is 0 Å². The average Bonchev–Trinajstić information content (AvgIpc) is 2.57. The number of nitrogens with one attached hydrogen (secondary N) is 2. The molecular formula is C10H15N3OS. The van der Waals surface area contributed by atoms with Gasteiger partial charge >= 0.3 is 0 Å². The number of rotatable bonds is 2. The van der Waals surface area contributed by atoms with Crippen LogP contribution in [0.15, 0.2) is 22.8 Å². The first-order valence-electron chi connectivity index (χ1n) is 5.09.